The van der Waals surface area contributed by atoms with Gasteiger partial charge in [-0.05, 0) is 18.2 Å². The Morgan fingerprint density at radius 2 is 2.19 bits per heavy atom. The zero-order chi connectivity index (χ0) is 15.4. The lowest BCUT2D eigenvalue weighted by molar-refractivity contribution is -0.388. The largest absolute Gasteiger partial charge is 0.497 e. The fourth-order valence-corrected chi connectivity index (χ4v) is 2.43. The first-order chi connectivity index (χ1) is 10.0. The number of nitro groups is 1. The minimum absolute atomic E-state index is 0.123. The summed E-state index contributed by atoms with van der Waals surface area (Å²) in [4.78, 5) is 25.8. The molecule has 0 spiro atoms. The van der Waals surface area contributed by atoms with E-state index in [9.17, 15) is 14.9 Å². The number of carboxylic acid groups (broad SMARTS) is 1. The molecule has 1 heterocycles. The van der Waals surface area contributed by atoms with Gasteiger partial charge in [-0.3, -0.25) is 10.1 Å². The highest BCUT2D eigenvalue weighted by Crippen LogP contribution is 2.34. The van der Waals surface area contributed by atoms with Crippen LogP contribution in [0.5, 0.6) is 5.75 Å². The number of carboxylic acids is 1. The third kappa shape index (κ3) is 3.48. The number of carbonyl (C=O) groups is 1. The second-order valence-electron chi connectivity index (χ2n) is 3.89. The van der Waals surface area contributed by atoms with Crippen LogP contribution in [0.2, 0.25) is 0 Å². The van der Waals surface area contributed by atoms with E-state index >= 15 is 0 Å². The lowest BCUT2D eigenvalue weighted by Gasteiger charge is -2.05. The van der Waals surface area contributed by atoms with Crippen molar-refractivity contribution in [3.05, 3.63) is 52.2 Å². The van der Waals surface area contributed by atoms with Gasteiger partial charge in [0.05, 0.1) is 17.6 Å². The maximum Gasteiger partial charge on any atom is 0.337 e. The Balaban J connectivity index is 2.38. The monoisotopic (exact) mass is 306 g/mol. The third-order valence-electron chi connectivity index (χ3n) is 2.53. The van der Waals surface area contributed by atoms with Crippen LogP contribution in [0.3, 0.4) is 0 Å². The van der Waals surface area contributed by atoms with Crippen molar-refractivity contribution in [2.75, 3.05) is 7.11 Å². The van der Waals surface area contributed by atoms with E-state index in [0.717, 1.165) is 24.0 Å². The number of aromatic carboxylic acids is 1. The van der Waals surface area contributed by atoms with Crippen molar-refractivity contribution in [3.8, 4) is 5.75 Å². The first kappa shape index (κ1) is 14.8. The second-order valence-corrected chi connectivity index (χ2v) is 4.95. The number of rotatable bonds is 5. The van der Waals surface area contributed by atoms with Gasteiger partial charge in [0, 0.05) is 17.2 Å². The smallest absolute Gasteiger partial charge is 0.337 e. The summed E-state index contributed by atoms with van der Waals surface area (Å²) in [7, 11) is 1.52. The van der Waals surface area contributed by atoms with E-state index in [-0.39, 0.29) is 16.3 Å². The first-order valence-electron chi connectivity index (χ1n) is 5.71. The lowest BCUT2D eigenvalue weighted by Crippen LogP contribution is -2.01. The van der Waals surface area contributed by atoms with Gasteiger partial charge in [0.25, 0.3) is 0 Å². The number of ether oxygens (including phenoxy) is 1. The number of hydrogen-bond acceptors (Lipinski definition) is 6. The summed E-state index contributed by atoms with van der Waals surface area (Å²) in [6.45, 7) is 0. The van der Waals surface area contributed by atoms with E-state index in [1.807, 2.05) is 0 Å². The molecule has 1 aromatic heterocycles. The predicted octanol–water partition coefficient (Wildman–Crippen LogP) is 2.85. The minimum Gasteiger partial charge on any atom is -0.497 e. The van der Waals surface area contributed by atoms with E-state index in [1.54, 1.807) is 24.3 Å². The molecule has 1 aromatic carbocycles. The number of methoxy groups -OCH3 is 1. The molecule has 0 amide bonds. The van der Waals surface area contributed by atoms with E-state index in [0.29, 0.717) is 10.6 Å². The van der Waals surface area contributed by atoms with Crippen LogP contribution in [0.25, 0.3) is 0 Å². The Morgan fingerprint density at radius 1 is 1.43 bits per heavy atom. The molecule has 0 unspecified atom stereocenters. The van der Waals surface area contributed by atoms with Crippen molar-refractivity contribution in [3.63, 3.8) is 0 Å². The Labute approximate surface area is 123 Å². The van der Waals surface area contributed by atoms with Crippen LogP contribution in [0.4, 0.5) is 5.69 Å². The summed E-state index contributed by atoms with van der Waals surface area (Å²) in [6.07, 6.45) is 1.10. The van der Waals surface area contributed by atoms with E-state index < -0.39 is 10.9 Å². The summed E-state index contributed by atoms with van der Waals surface area (Å²) < 4.78 is 5.08. The lowest BCUT2D eigenvalue weighted by atomic mass is 10.3. The summed E-state index contributed by atoms with van der Waals surface area (Å²) in [6, 6.07) is 7.96. The first-order valence-corrected chi connectivity index (χ1v) is 6.52. The molecule has 0 saturated heterocycles. The van der Waals surface area contributed by atoms with Gasteiger partial charge in [0.15, 0.2) is 5.03 Å². The highest BCUT2D eigenvalue weighted by molar-refractivity contribution is 7.99. The number of aromatic nitrogens is 1. The van der Waals surface area contributed by atoms with E-state index in [2.05, 4.69) is 4.98 Å². The Kier molecular flexibility index (Phi) is 4.39. The molecule has 0 saturated carbocycles. The van der Waals surface area contributed by atoms with Crippen LogP contribution >= 0.6 is 11.8 Å². The maximum atomic E-state index is 11.0. The zero-order valence-corrected chi connectivity index (χ0v) is 11.7. The summed E-state index contributed by atoms with van der Waals surface area (Å²) in [5.41, 5.74) is -0.570. The van der Waals surface area contributed by atoms with Crippen molar-refractivity contribution in [1.82, 2.24) is 4.98 Å². The second kappa shape index (κ2) is 6.23. The van der Waals surface area contributed by atoms with Gasteiger partial charge < -0.3 is 9.84 Å². The summed E-state index contributed by atoms with van der Waals surface area (Å²) >= 11 is 1.07. The van der Waals surface area contributed by atoms with Crippen LogP contribution in [-0.2, 0) is 0 Å². The van der Waals surface area contributed by atoms with Gasteiger partial charge in [-0.2, -0.15) is 0 Å². The van der Waals surface area contributed by atoms with Gasteiger partial charge in [-0.25, -0.2) is 9.78 Å². The van der Waals surface area contributed by atoms with Crippen LogP contribution in [0.15, 0.2) is 46.5 Å². The van der Waals surface area contributed by atoms with E-state index in [1.165, 1.54) is 7.11 Å². The predicted molar refractivity (Wildman–Crippen MR) is 75.0 cm³/mol. The zero-order valence-electron chi connectivity index (χ0n) is 10.8. The van der Waals surface area contributed by atoms with Crippen LogP contribution in [-0.4, -0.2) is 28.1 Å². The van der Waals surface area contributed by atoms with Gasteiger partial charge >= 0.3 is 11.7 Å². The maximum absolute atomic E-state index is 11.0. The van der Waals surface area contributed by atoms with Gasteiger partial charge in [0.1, 0.15) is 5.75 Å². The fraction of sp³-hybridized carbons (Fsp3) is 0.0769. The normalized spacial score (nSPS) is 10.1. The molecule has 21 heavy (non-hydrogen) atoms. The number of nitrogens with zero attached hydrogens (tertiary/aromatic N) is 2. The molecule has 0 atom stereocenters. The van der Waals surface area contributed by atoms with E-state index in [4.69, 9.17) is 9.84 Å². The highest BCUT2D eigenvalue weighted by atomic mass is 32.2. The number of hydrogen-bond donors (Lipinski definition) is 1. The van der Waals surface area contributed by atoms with Gasteiger partial charge in [-0.15, -0.1) is 0 Å². The molecule has 108 valence electrons. The molecule has 0 aliphatic rings. The third-order valence-corrected chi connectivity index (χ3v) is 3.53. The molecule has 2 aromatic rings. The molecule has 8 heteroatoms. The average molecular weight is 306 g/mol. The van der Waals surface area contributed by atoms with Crippen molar-refractivity contribution in [2.45, 2.75) is 9.92 Å². The Hall–Kier alpha value is -2.61. The average Bonchev–Trinajstić information content (AvgIpc) is 2.47. The van der Waals surface area contributed by atoms with Crippen molar-refractivity contribution < 1.29 is 19.6 Å². The van der Waals surface area contributed by atoms with Gasteiger partial charge in [-0.1, -0.05) is 17.8 Å². The Morgan fingerprint density at radius 3 is 2.81 bits per heavy atom. The quantitative estimate of drug-likeness (QED) is 0.669. The Bertz CT molecular complexity index is 705. The minimum atomic E-state index is -1.26. The van der Waals surface area contributed by atoms with Crippen LogP contribution in [0.1, 0.15) is 10.4 Å². The van der Waals surface area contributed by atoms with Crippen molar-refractivity contribution >= 4 is 23.4 Å². The topological polar surface area (TPSA) is 103 Å². The van der Waals surface area contributed by atoms with Crippen LogP contribution in [0, 0.1) is 10.1 Å². The molecule has 0 fully saturated rings. The molecule has 2 rings (SSSR count). The molecule has 0 aliphatic carbocycles. The van der Waals surface area contributed by atoms with Crippen molar-refractivity contribution in [2.24, 2.45) is 0 Å². The number of benzene rings is 1. The van der Waals surface area contributed by atoms with Crippen LogP contribution < -0.4 is 4.74 Å². The highest BCUT2D eigenvalue weighted by Gasteiger charge is 2.19. The standard InChI is InChI=1S/C13H10N2O5S/c1-20-9-3-2-4-10(6-9)21-12-11(15(18)19)5-8(7-14-12)13(16)17/h2-7H,1H3,(H,16,17). The molecule has 0 bridgehead atoms. The molecular weight excluding hydrogens is 296 g/mol. The van der Waals surface area contributed by atoms with Crippen molar-refractivity contribution in [1.29, 1.82) is 0 Å². The molecule has 7 nitrogen and oxygen atoms in total. The SMILES string of the molecule is COc1cccc(Sc2ncc(C(=O)O)cc2[N+](=O)[O-])c1. The molecular formula is C13H10N2O5S. The fourth-order valence-electron chi connectivity index (χ4n) is 1.54. The molecule has 1 N–H and O–H groups in total. The van der Waals surface area contributed by atoms with Gasteiger partial charge in [0.2, 0.25) is 0 Å². The molecule has 0 aliphatic heterocycles. The number of pyridine rings is 1. The summed E-state index contributed by atoms with van der Waals surface area (Å²) in [5, 5.41) is 20.0. The molecule has 0 radical (unpaired) electrons. The summed E-state index contributed by atoms with van der Waals surface area (Å²) in [5.74, 6) is -0.645.